The molecule has 2 heterocycles. The maximum absolute atomic E-state index is 9.60. The molecule has 16 heavy (non-hydrogen) atoms. The van der Waals surface area contributed by atoms with Gasteiger partial charge in [-0.25, -0.2) is 4.98 Å². The molecule has 2 aromatic rings. The van der Waals surface area contributed by atoms with Crippen LogP contribution in [-0.2, 0) is 7.05 Å². The van der Waals surface area contributed by atoms with Crippen molar-refractivity contribution in [2.75, 3.05) is 6.54 Å². The van der Waals surface area contributed by atoms with Crippen molar-refractivity contribution in [3.63, 3.8) is 0 Å². The second-order valence-electron chi connectivity index (χ2n) is 3.44. The van der Waals surface area contributed by atoms with Gasteiger partial charge in [0.25, 0.3) is 5.89 Å². The molecule has 0 saturated heterocycles. The molecule has 0 aliphatic rings. The number of rotatable bonds is 4. The number of aromatic nitrogens is 4. The van der Waals surface area contributed by atoms with Crippen molar-refractivity contribution in [1.29, 1.82) is 0 Å². The third-order valence-corrected chi connectivity index (χ3v) is 2.21. The van der Waals surface area contributed by atoms with Crippen LogP contribution >= 0.6 is 0 Å². The molecule has 0 radical (unpaired) electrons. The topological polar surface area (TPSA) is 103 Å². The lowest BCUT2D eigenvalue weighted by molar-refractivity contribution is 0.127. The molecule has 0 aromatic carbocycles. The van der Waals surface area contributed by atoms with Crippen molar-refractivity contribution in [2.45, 2.75) is 12.5 Å². The Hall–Kier alpha value is -1.73. The first-order chi connectivity index (χ1) is 7.72. The molecule has 0 aliphatic heterocycles. The van der Waals surface area contributed by atoms with Crippen LogP contribution in [0.2, 0.25) is 0 Å². The molecular weight excluding hydrogens is 210 g/mol. The summed E-state index contributed by atoms with van der Waals surface area (Å²) in [6.45, 7) is 0.366. The van der Waals surface area contributed by atoms with Gasteiger partial charge < -0.3 is 19.9 Å². The summed E-state index contributed by atoms with van der Waals surface area (Å²) in [5, 5.41) is 13.4. The van der Waals surface area contributed by atoms with Gasteiger partial charge in [-0.3, -0.25) is 0 Å². The monoisotopic (exact) mass is 223 g/mol. The smallest absolute Gasteiger partial charge is 0.255 e. The first-order valence-electron chi connectivity index (χ1n) is 4.90. The van der Waals surface area contributed by atoms with Gasteiger partial charge in [-0.15, -0.1) is 0 Å². The van der Waals surface area contributed by atoms with Crippen LogP contribution in [0, 0.1) is 0 Å². The van der Waals surface area contributed by atoms with Gasteiger partial charge in [0.1, 0.15) is 11.8 Å². The highest BCUT2D eigenvalue weighted by molar-refractivity contribution is 5.47. The molecule has 1 atom stereocenters. The first kappa shape index (κ1) is 10.8. The van der Waals surface area contributed by atoms with Gasteiger partial charge in [-0.05, 0) is 13.0 Å². The molecule has 2 rings (SSSR count). The third kappa shape index (κ3) is 1.95. The lowest BCUT2D eigenvalue weighted by Crippen LogP contribution is -2.06. The molecule has 86 valence electrons. The molecule has 0 fully saturated rings. The van der Waals surface area contributed by atoms with Crippen LogP contribution in [0.1, 0.15) is 18.4 Å². The van der Waals surface area contributed by atoms with Crippen LogP contribution in [-0.4, -0.2) is 31.3 Å². The average Bonchev–Trinajstić information content (AvgIpc) is 2.86. The zero-order valence-corrected chi connectivity index (χ0v) is 8.87. The molecular formula is C9H13N5O2. The van der Waals surface area contributed by atoms with Crippen LogP contribution < -0.4 is 5.73 Å². The first-order valence-corrected chi connectivity index (χ1v) is 4.90. The minimum absolute atomic E-state index is 0.182. The zero-order chi connectivity index (χ0) is 11.5. The van der Waals surface area contributed by atoms with E-state index in [-0.39, 0.29) is 5.89 Å². The van der Waals surface area contributed by atoms with Gasteiger partial charge in [0, 0.05) is 7.05 Å². The van der Waals surface area contributed by atoms with E-state index >= 15 is 0 Å². The van der Waals surface area contributed by atoms with E-state index in [1.807, 2.05) is 7.05 Å². The molecule has 0 spiro atoms. The summed E-state index contributed by atoms with van der Waals surface area (Å²) in [7, 11) is 1.83. The van der Waals surface area contributed by atoms with Crippen LogP contribution in [0.15, 0.2) is 17.0 Å². The minimum Gasteiger partial charge on any atom is -0.383 e. The number of imidazole rings is 1. The fourth-order valence-electron chi connectivity index (χ4n) is 1.33. The van der Waals surface area contributed by atoms with Gasteiger partial charge in [0.05, 0.1) is 12.5 Å². The fourth-order valence-corrected chi connectivity index (χ4v) is 1.33. The largest absolute Gasteiger partial charge is 0.383 e. The Kier molecular flexibility index (Phi) is 2.97. The number of aryl methyl sites for hydroxylation is 1. The Morgan fingerprint density at radius 3 is 3.06 bits per heavy atom. The van der Waals surface area contributed by atoms with Crippen LogP contribution in [0.5, 0.6) is 0 Å². The molecule has 3 N–H and O–H groups in total. The van der Waals surface area contributed by atoms with E-state index < -0.39 is 6.10 Å². The summed E-state index contributed by atoms with van der Waals surface area (Å²) in [6, 6.07) is 0. The molecule has 0 unspecified atom stereocenters. The van der Waals surface area contributed by atoms with E-state index in [1.165, 1.54) is 0 Å². The molecule has 0 bridgehead atoms. The van der Waals surface area contributed by atoms with Crippen LogP contribution in [0.25, 0.3) is 11.5 Å². The highest BCUT2D eigenvalue weighted by Gasteiger charge is 2.17. The highest BCUT2D eigenvalue weighted by Crippen LogP contribution is 2.18. The standard InChI is InChI=1S/C9H13N5O2/c1-14-5-11-4-6(14)8-12-9(16-13-8)7(15)2-3-10/h4-5,7,15H,2-3,10H2,1H3/t7-/m0/s1. The number of nitrogens with zero attached hydrogens (tertiary/aromatic N) is 4. The zero-order valence-electron chi connectivity index (χ0n) is 8.87. The number of hydrogen-bond acceptors (Lipinski definition) is 6. The third-order valence-electron chi connectivity index (χ3n) is 2.21. The molecule has 7 heteroatoms. The van der Waals surface area contributed by atoms with E-state index in [2.05, 4.69) is 15.1 Å². The summed E-state index contributed by atoms with van der Waals surface area (Å²) >= 11 is 0. The van der Waals surface area contributed by atoms with Crippen molar-refractivity contribution in [1.82, 2.24) is 19.7 Å². The van der Waals surface area contributed by atoms with Crippen molar-refractivity contribution in [3.05, 3.63) is 18.4 Å². The number of aliphatic hydroxyl groups excluding tert-OH is 1. The molecule has 2 aromatic heterocycles. The average molecular weight is 223 g/mol. The predicted octanol–water partition coefficient (Wildman–Crippen LogP) is -0.148. The molecule has 7 nitrogen and oxygen atoms in total. The highest BCUT2D eigenvalue weighted by atomic mass is 16.5. The Labute approximate surface area is 91.9 Å². The lowest BCUT2D eigenvalue weighted by Gasteiger charge is -2.00. The van der Waals surface area contributed by atoms with Gasteiger partial charge >= 0.3 is 0 Å². The lowest BCUT2D eigenvalue weighted by atomic mass is 10.2. The SMILES string of the molecule is Cn1cncc1-c1noc([C@@H](O)CCN)n1. The summed E-state index contributed by atoms with van der Waals surface area (Å²) in [4.78, 5) is 8.04. The van der Waals surface area contributed by atoms with Gasteiger partial charge in [-0.1, -0.05) is 5.16 Å². The van der Waals surface area contributed by atoms with Gasteiger partial charge in [-0.2, -0.15) is 4.98 Å². The second-order valence-corrected chi connectivity index (χ2v) is 3.44. The summed E-state index contributed by atoms with van der Waals surface area (Å²) in [6.07, 6.45) is 2.86. The normalized spacial score (nSPS) is 12.9. The van der Waals surface area contributed by atoms with E-state index in [9.17, 15) is 5.11 Å². The fraction of sp³-hybridized carbons (Fsp3) is 0.444. The van der Waals surface area contributed by atoms with Crippen molar-refractivity contribution in [2.24, 2.45) is 12.8 Å². The van der Waals surface area contributed by atoms with E-state index in [1.54, 1.807) is 17.1 Å². The van der Waals surface area contributed by atoms with Gasteiger partial charge in [0.15, 0.2) is 0 Å². The summed E-state index contributed by atoms with van der Waals surface area (Å²) in [5.41, 5.74) is 6.06. The Balaban J connectivity index is 2.23. The number of nitrogens with two attached hydrogens (primary N) is 1. The maximum Gasteiger partial charge on any atom is 0.255 e. The number of aliphatic hydroxyl groups is 1. The number of hydrogen-bond donors (Lipinski definition) is 2. The minimum atomic E-state index is -0.806. The Morgan fingerprint density at radius 1 is 1.62 bits per heavy atom. The van der Waals surface area contributed by atoms with Crippen molar-refractivity contribution >= 4 is 0 Å². The van der Waals surface area contributed by atoms with E-state index in [0.29, 0.717) is 18.8 Å². The summed E-state index contributed by atoms with van der Waals surface area (Å²) < 4.78 is 6.72. The molecule has 0 saturated carbocycles. The van der Waals surface area contributed by atoms with E-state index in [4.69, 9.17) is 10.3 Å². The van der Waals surface area contributed by atoms with Gasteiger partial charge in [0.2, 0.25) is 5.82 Å². The van der Waals surface area contributed by atoms with Crippen molar-refractivity contribution in [3.8, 4) is 11.5 Å². The Morgan fingerprint density at radius 2 is 2.44 bits per heavy atom. The predicted molar refractivity (Wildman–Crippen MR) is 55.1 cm³/mol. The summed E-state index contributed by atoms with van der Waals surface area (Å²) in [5.74, 6) is 0.590. The Bertz CT molecular complexity index is 464. The van der Waals surface area contributed by atoms with Crippen LogP contribution in [0.3, 0.4) is 0 Å². The van der Waals surface area contributed by atoms with E-state index in [0.717, 1.165) is 5.69 Å². The maximum atomic E-state index is 9.60. The second kappa shape index (κ2) is 4.42. The van der Waals surface area contributed by atoms with Crippen LogP contribution in [0.4, 0.5) is 0 Å². The molecule has 0 amide bonds. The quantitative estimate of drug-likeness (QED) is 0.747. The van der Waals surface area contributed by atoms with Crippen molar-refractivity contribution < 1.29 is 9.63 Å². The molecule has 0 aliphatic carbocycles.